The Hall–Kier alpha value is -1.03. The minimum atomic E-state index is -1.36. The van der Waals surface area contributed by atoms with Crippen LogP contribution in [0, 0.1) is 0 Å². The van der Waals surface area contributed by atoms with Gasteiger partial charge in [0.15, 0.2) is 0 Å². The van der Waals surface area contributed by atoms with Crippen LogP contribution in [-0.4, -0.2) is 26.8 Å². The largest absolute Gasteiger partial charge is 0.333 e. The minimum Gasteiger partial charge on any atom is -0.317 e. The molecule has 0 aromatic heterocycles. The molecule has 0 radical (unpaired) electrons. The number of nitrogens with one attached hydrogen (secondary N) is 1. The van der Waals surface area contributed by atoms with Crippen LogP contribution >= 0.6 is 8.60 Å². The van der Waals surface area contributed by atoms with E-state index < -0.39 is 8.60 Å². The van der Waals surface area contributed by atoms with E-state index in [4.69, 9.17) is 13.6 Å². The molecule has 0 spiro atoms. The fraction of sp³-hybridized carbons (Fsp3) is 0.412. The Balaban J connectivity index is 2.47. The van der Waals surface area contributed by atoms with Crippen LogP contribution in [0.2, 0.25) is 0 Å². The summed E-state index contributed by atoms with van der Waals surface area (Å²) in [5.41, 5.74) is 2.21. The second-order valence-corrected chi connectivity index (χ2v) is 5.78. The Morgan fingerprint density at radius 1 is 1.14 bits per heavy atom. The lowest BCUT2D eigenvalue weighted by molar-refractivity contribution is 0.164. The summed E-state index contributed by atoms with van der Waals surface area (Å²) in [5.74, 6) is 0. The third kappa shape index (κ3) is 8.42. The van der Waals surface area contributed by atoms with Crippen molar-refractivity contribution in [1.82, 2.24) is 5.32 Å². The van der Waals surface area contributed by atoms with Crippen molar-refractivity contribution in [2.45, 2.75) is 20.5 Å². The highest BCUT2D eigenvalue weighted by Crippen LogP contribution is 2.40. The standard InChI is InChI=1S/C17H26NO3P/c1-4-9-16(5-2)14-20-22(19-13-12-18-3)21-15-17-10-7-6-8-11-17/h4-11,18H,12-15H2,1-3H3/b9-4-,16-5+. The van der Waals surface area contributed by atoms with E-state index in [9.17, 15) is 0 Å². The molecule has 0 amide bonds. The fourth-order valence-electron chi connectivity index (χ4n) is 1.60. The van der Waals surface area contributed by atoms with Crippen LogP contribution in [0.4, 0.5) is 0 Å². The summed E-state index contributed by atoms with van der Waals surface area (Å²) in [6.45, 7) is 6.28. The van der Waals surface area contributed by atoms with Crippen molar-refractivity contribution in [1.29, 1.82) is 0 Å². The molecule has 0 aliphatic rings. The van der Waals surface area contributed by atoms with Crippen LogP contribution in [0.3, 0.4) is 0 Å². The van der Waals surface area contributed by atoms with E-state index in [0.717, 1.165) is 17.7 Å². The van der Waals surface area contributed by atoms with E-state index >= 15 is 0 Å². The van der Waals surface area contributed by atoms with Gasteiger partial charge in [-0.15, -0.1) is 0 Å². The predicted octanol–water partition coefficient (Wildman–Crippen LogP) is 4.21. The maximum Gasteiger partial charge on any atom is 0.333 e. The molecule has 5 heteroatoms. The van der Waals surface area contributed by atoms with Crippen LogP contribution in [0.5, 0.6) is 0 Å². The maximum atomic E-state index is 5.79. The quantitative estimate of drug-likeness (QED) is 0.376. The highest BCUT2D eigenvalue weighted by molar-refractivity contribution is 7.41. The Labute approximate surface area is 135 Å². The highest BCUT2D eigenvalue weighted by Gasteiger charge is 2.13. The van der Waals surface area contributed by atoms with Gasteiger partial charge in [0.05, 0.1) is 19.8 Å². The van der Waals surface area contributed by atoms with Gasteiger partial charge in [-0.1, -0.05) is 48.6 Å². The van der Waals surface area contributed by atoms with Gasteiger partial charge in [-0.05, 0) is 32.0 Å². The highest BCUT2D eigenvalue weighted by atomic mass is 31.2. The SMILES string of the molecule is C/C=C\C(=C/C)COP(OCCNC)OCc1ccccc1. The number of rotatable bonds is 11. The number of benzene rings is 1. The zero-order chi connectivity index (χ0) is 16.0. The summed E-state index contributed by atoms with van der Waals surface area (Å²) in [6.07, 6.45) is 6.05. The molecule has 1 unspecified atom stereocenters. The monoisotopic (exact) mass is 323 g/mol. The molecule has 0 fully saturated rings. The first-order chi connectivity index (χ1) is 10.8. The number of hydrogen-bond donors (Lipinski definition) is 1. The van der Waals surface area contributed by atoms with Crippen LogP contribution in [0.1, 0.15) is 19.4 Å². The third-order valence-electron chi connectivity index (χ3n) is 2.82. The molecule has 4 nitrogen and oxygen atoms in total. The Bertz CT molecular complexity index is 448. The molecule has 1 rings (SSSR count). The second kappa shape index (κ2) is 12.5. The van der Waals surface area contributed by atoms with Gasteiger partial charge in [0.1, 0.15) is 0 Å². The van der Waals surface area contributed by atoms with Gasteiger partial charge in [-0.3, -0.25) is 0 Å². The summed E-state index contributed by atoms with van der Waals surface area (Å²) in [4.78, 5) is 0. The fourth-order valence-corrected chi connectivity index (χ4v) is 2.58. The second-order valence-electron chi connectivity index (χ2n) is 4.56. The van der Waals surface area contributed by atoms with Crippen molar-refractivity contribution >= 4 is 8.60 Å². The van der Waals surface area contributed by atoms with E-state index in [1.165, 1.54) is 0 Å². The van der Waals surface area contributed by atoms with Gasteiger partial charge in [-0.2, -0.15) is 0 Å². The lowest BCUT2D eigenvalue weighted by Gasteiger charge is -2.17. The molecule has 1 aromatic carbocycles. The van der Waals surface area contributed by atoms with Crippen LogP contribution < -0.4 is 5.32 Å². The summed E-state index contributed by atoms with van der Waals surface area (Å²) >= 11 is 0. The molecule has 0 saturated heterocycles. The molecule has 1 N–H and O–H groups in total. The summed E-state index contributed by atoms with van der Waals surface area (Å²) in [7, 11) is 0.531. The van der Waals surface area contributed by atoms with Gasteiger partial charge >= 0.3 is 8.60 Å². The molecule has 0 saturated carbocycles. The Kier molecular flexibility index (Phi) is 10.8. The molecule has 1 atom stereocenters. The topological polar surface area (TPSA) is 39.7 Å². The lowest BCUT2D eigenvalue weighted by atomic mass is 10.2. The van der Waals surface area contributed by atoms with E-state index in [0.29, 0.717) is 19.8 Å². The molecule has 0 aliphatic carbocycles. The number of likely N-dealkylation sites (N-methyl/N-ethyl adjacent to an activating group) is 1. The van der Waals surface area contributed by atoms with Crippen LogP contribution in [0.15, 0.2) is 54.1 Å². The number of allylic oxidation sites excluding steroid dienone is 2. The molecular weight excluding hydrogens is 297 g/mol. The van der Waals surface area contributed by atoms with Crippen molar-refractivity contribution in [3.05, 3.63) is 59.7 Å². The minimum absolute atomic E-state index is 0.487. The number of hydrogen-bond acceptors (Lipinski definition) is 4. The van der Waals surface area contributed by atoms with Crippen molar-refractivity contribution in [3.63, 3.8) is 0 Å². The van der Waals surface area contributed by atoms with E-state index in [1.54, 1.807) is 0 Å². The summed E-state index contributed by atoms with van der Waals surface area (Å²) in [5, 5.41) is 3.04. The molecule has 1 aromatic rings. The van der Waals surface area contributed by atoms with Crippen molar-refractivity contribution in [2.24, 2.45) is 0 Å². The van der Waals surface area contributed by atoms with Gasteiger partial charge < -0.3 is 18.9 Å². The van der Waals surface area contributed by atoms with E-state index in [2.05, 4.69) is 5.32 Å². The summed E-state index contributed by atoms with van der Waals surface area (Å²) in [6, 6.07) is 10.0. The Morgan fingerprint density at radius 2 is 1.91 bits per heavy atom. The van der Waals surface area contributed by atoms with Gasteiger partial charge in [0.2, 0.25) is 0 Å². The zero-order valence-electron chi connectivity index (χ0n) is 13.6. The predicted molar refractivity (Wildman–Crippen MR) is 92.6 cm³/mol. The van der Waals surface area contributed by atoms with Gasteiger partial charge in [0.25, 0.3) is 0 Å². The normalized spacial score (nSPS) is 13.7. The van der Waals surface area contributed by atoms with Crippen LogP contribution in [0.25, 0.3) is 0 Å². The first-order valence-corrected chi connectivity index (χ1v) is 8.55. The van der Waals surface area contributed by atoms with Crippen molar-refractivity contribution < 1.29 is 13.6 Å². The smallest absolute Gasteiger partial charge is 0.317 e. The molecule has 0 heterocycles. The molecular formula is C17H26NO3P. The van der Waals surface area contributed by atoms with Crippen molar-refractivity contribution in [2.75, 3.05) is 26.8 Å². The Morgan fingerprint density at radius 3 is 2.55 bits per heavy atom. The average Bonchev–Trinajstić information content (AvgIpc) is 2.56. The third-order valence-corrected chi connectivity index (χ3v) is 3.89. The molecule has 122 valence electrons. The van der Waals surface area contributed by atoms with Gasteiger partial charge in [0, 0.05) is 6.54 Å². The average molecular weight is 323 g/mol. The molecule has 22 heavy (non-hydrogen) atoms. The summed E-state index contributed by atoms with van der Waals surface area (Å²) < 4.78 is 17.3. The van der Waals surface area contributed by atoms with E-state index in [1.807, 2.05) is 69.5 Å². The van der Waals surface area contributed by atoms with E-state index in [-0.39, 0.29) is 0 Å². The molecule has 0 aliphatic heterocycles. The first kappa shape index (κ1) is 19.0. The molecule has 0 bridgehead atoms. The van der Waals surface area contributed by atoms with Gasteiger partial charge in [-0.25, -0.2) is 0 Å². The zero-order valence-corrected chi connectivity index (χ0v) is 14.5. The maximum absolute atomic E-state index is 5.79. The van der Waals surface area contributed by atoms with Crippen LogP contribution in [-0.2, 0) is 20.2 Å². The lowest BCUT2D eigenvalue weighted by Crippen LogP contribution is -2.13. The first-order valence-electron chi connectivity index (χ1n) is 7.45. The van der Waals surface area contributed by atoms with Crippen molar-refractivity contribution in [3.8, 4) is 0 Å².